The normalized spacial score (nSPS) is 10.8. The monoisotopic (exact) mass is 429 g/mol. The van der Waals surface area contributed by atoms with Gasteiger partial charge in [0.15, 0.2) is 5.16 Å². The van der Waals surface area contributed by atoms with Crippen LogP contribution in [0.4, 0.5) is 0 Å². The first-order chi connectivity index (χ1) is 14.0. The van der Waals surface area contributed by atoms with Crippen molar-refractivity contribution in [3.8, 4) is 16.3 Å². The number of thioether (sulfide) groups is 1. The first-order valence-electron chi connectivity index (χ1n) is 9.12. The Kier molecular flexibility index (Phi) is 7.22. The molecule has 6 nitrogen and oxygen atoms in total. The number of carbonyl (C=O) groups excluding carboxylic acids is 1. The van der Waals surface area contributed by atoms with E-state index in [9.17, 15) is 4.79 Å². The summed E-state index contributed by atoms with van der Waals surface area (Å²) in [5, 5.41) is 3.55. The van der Waals surface area contributed by atoms with Crippen LogP contribution in [0.1, 0.15) is 29.1 Å². The molecular weight excluding hydrogens is 406 g/mol. The van der Waals surface area contributed by atoms with E-state index in [4.69, 9.17) is 9.47 Å². The maximum absolute atomic E-state index is 12.2. The summed E-state index contributed by atoms with van der Waals surface area (Å²) in [6.07, 6.45) is 2.81. The minimum absolute atomic E-state index is 0.172. The Morgan fingerprint density at radius 2 is 1.79 bits per heavy atom. The van der Waals surface area contributed by atoms with E-state index >= 15 is 0 Å². The van der Waals surface area contributed by atoms with Crippen LogP contribution in [0.3, 0.4) is 0 Å². The second kappa shape index (κ2) is 9.84. The van der Waals surface area contributed by atoms with E-state index in [0.29, 0.717) is 12.8 Å². The molecular formula is C21H23N3O3S2. The largest absolute Gasteiger partial charge is 0.497 e. The van der Waals surface area contributed by atoms with E-state index in [1.54, 1.807) is 7.11 Å². The minimum atomic E-state index is -0.253. The summed E-state index contributed by atoms with van der Waals surface area (Å²) in [6.45, 7) is 4.07. The summed E-state index contributed by atoms with van der Waals surface area (Å²) in [7, 11) is 1.64. The Hall–Kier alpha value is -2.45. The molecule has 0 bridgehead atoms. The predicted octanol–water partition coefficient (Wildman–Crippen LogP) is 4.62. The molecule has 0 aliphatic rings. The van der Waals surface area contributed by atoms with Gasteiger partial charge < -0.3 is 9.47 Å². The molecule has 0 aliphatic heterocycles. The molecule has 0 aliphatic carbocycles. The van der Waals surface area contributed by atoms with Gasteiger partial charge in [0.1, 0.15) is 17.4 Å². The number of esters is 1. The van der Waals surface area contributed by atoms with Gasteiger partial charge in [-0.25, -0.2) is 15.0 Å². The van der Waals surface area contributed by atoms with Crippen LogP contribution in [0.15, 0.2) is 34.8 Å². The molecule has 0 fully saturated rings. The number of hydrogen-bond acceptors (Lipinski definition) is 8. The molecule has 0 spiro atoms. The molecule has 29 heavy (non-hydrogen) atoms. The fraction of sp³-hybridized carbons (Fsp3) is 0.333. The van der Waals surface area contributed by atoms with Crippen molar-refractivity contribution in [1.82, 2.24) is 15.0 Å². The number of aryl methyl sites for hydroxylation is 2. The number of rotatable bonds is 8. The SMILES string of the molecule is COc1ccc(-c2nc(COC(=O)CCc3c(C)nc(SC)nc3C)cs2)cc1. The van der Waals surface area contributed by atoms with Gasteiger partial charge in [0.2, 0.25) is 0 Å². The zero-order valence-corrected chi connectivity index (χ0v) is 18.5. The van der Waals surface area contributed by atoms with E-state index in [1.807, 2.05) is 49.7 Å². The number of ether oxygens (including phenoxy) is 2. The number of benzene rings is 1. The summed E-state index contributed by atoms with van der Waals surface area (Å²) in [5.41, 5.74) is 4.59. The molecule has 0 N–H and O–H groups in total. The van der Waals surface area contributed by atoms with E-state index in [-0.39, 0.29) is 12.6 Å². The maximum Gasteiger partial charge on any atom is 0.306 e. The first kappa shape index (κ1) is 21.3. The zero-order chi connectivity index (χ0) is 20.8. The molecule has 2 heterocycles. The summed E-state index contributed by atoms with van der Waals surface area (Å²) < 4.78 is 10.6. The highest BCUT2D eigenvalue weighted by molar-refractivity contribution is 7.98. The lowest BCUT2D eigenvalue weighted by atomic mass is 10.1. The maximum atomic E-state index is 12.2. The number of carbonyl (C=O) groups is 1. The lowest BCUT2D eigenvalue weighted by Crippen LogP contribution is -2.09. The van der Waals surface area contributed by atoms with Crippen LogP contribution in [-0.4, -0.2) is 34.3 Å². The van der Waals surface area contributed by atoms with E-state index < -0.39 is 0 Å². The van der Waals surface area contributed by atoms with Gasteiger partial charge in [0, 0.05) is 28.8 Å². The Morgan fingerprint density at radius 3 is 2.41 bits per heavy atom. The van der Waals surface area contributed by atoms with E-state index in [0.717, 1.165) is 44.1 Å². The number of nitrogens with zero attached hydrogens (tertiary/aromatic N) is 3. The highest BCUT2D eigenvalue weighted by atomic mass is 32.2. The molecule has 1 aromatic carbocycles. The third kappa shape index (κ3) is 5.55. The van der Waals surface area contributed by atoms with Crippen LogP contribution in [0.25, 0.3) is 10.6 Å². The number of methoxy groups -OCH3 is 1. The van der Waals surface area contributed by atoms with Crippen LogP contribution >= 0.6 is 23.1 Å². The Bertz CT molecular complexity index is 964. The highest BCUT2D eigenvalue weighted by Crippen LogP contribution is 2.26. The second-order valence-corrected chi connectivity index (χ2v) is 8.02. The molecule has 152 valence electrons. The summed E-state index contributed by atoms with van der Waals surface area (Å²) in [5.74, 6) is 0.551. The van der Waals surface area contributed by atoms with Gasteiger partial charge in [-0.3, -0.25) is 4.79 Å². The van der Waals surface area contributed by atoms with Crippen molar-refractivity contribution in [2.45, 2.75) is 38.5 Å². The van der Waals surface area contributed by atoms with Crippen molar-refractivity contribution in [1.29, 1.82) is 0 Å². The van der Waals surface area contributed by atoms with Gasteiger partial charge in [0.25, 0.3) is 0 Å². The highest BCUT2D eigenvalue weighted by Gasteiger charge is 2.12. The van der Waals surface area contributed by atoms with Crippen LogP contribution in [-0.2, 0) is 22.6 Å². The molecule has 3 aromatic rings. The minimum Gasteiger partial charge on any atom is -0.497 e. The quantitative estimate of drug-likeness (QED) is 0.294. The number of aromatic nitrogens is 3. The topological polar surface area (TPSA) is 74.2 Å². The summed E-state index contributed by atoms with van der Waals surface area (Å²) >= 11 is 3.04. The van der Waals surface area contributed by atoms with Crippen molar-refractivity contribution >= 4 is 29.1 Å². The van der Waals surface area contributed by atoms with Crippen LogP contribution in [0, 0.1) is 13.8 Å². The zero-order valence-electron chi connectivity index (χ0n) is 16.9. The standard InChI is InChI=1S/C21H23N3O3S2/c1-13-18(14(2)23-21(22-13)28-4)9-10-19(25)27-11-16-12-29-20(24-16)15-5-7-17(26-3)8-6-15/h5-8,12H,9-11H2,1-4H3. The Balaban J connectivity index is 1.53. The van der Waals surface area contributed by atoms with Crippen LogP contribution in [0.2, 0.25) is 0 Å². The van der Waals surface area contributed by atoms with Crippen molar-refractivity contribution in [2.75, 3.05) is 13.4 Å². The Labute approximate surface area is 178 Å². The lowest BCUT2D eigenvalue weighted by Gasteiger charge is -2.09. The van der Waals surface area contributed by atoms with Gasteiger partial charge >= 0.3 is 5.97 Å². The van der Waals surface area contributed by atoms with Crippen LogP contribution < -0.4 is 4.74 Å². The van der Waals surface area contributed by atoms with Crippen molar-refractivity contribution in [2.24, 2.45) is 0 Å². The summed E-state index contributed by atoms with van der Waals surface area (Å²) in [6, 6.07) is 7.72. The van der Waals surface area contributed by atoms with Gasteiger partial charge in [0.05, 0.1) is 12.8 Å². The first-order valence-corrected chi connectivity index (χ1v) is 11.2. The number of hydrogen-bond donors (Lipinski definition) is 0. The summed E-state index contributed by atoms with van der Waals surface area (Å²) in [4.78, 5) is 25.6. The molecule has 0 amide bonds. The molecule has 0 atom stereocenters. The molecule has 0 radical (unpaired) electrons. The lowest BCUT2D eigenvalue weighted by molar-refractivity contribution is -0.145. The fourth-order valence-corrected chi connectivity index (χ4v) is 4.12. The smallest absolute Gasteiger partial charge is 0.306 e. The Morgan fingerprint density at radius 1 is 1.10 bits per heavy atom. The molecule has 3 rings (SSSR count). The van der Waals surface area contributed by atoms with Gasteiger partial charge in [-0.15, -0.1) is 11.3 Å². The number of thiazole rings is 1. The molecule has 8 heteroatoms. The third-order valence-corrected chi connectivity index (χ3v) is 5.92. The van der Waals surface area contributed by atoms with Crippen molar-refractivity contribution in [3.63, 3.8) is 0 Å². The molecule has 0 unspecified atom stereocenters. The third-order valence-electron chi connectivity index (χ3n) is 4.43. The van der Waals surface area contributed by atoms with Crippen molar-refractivity contribution < 1.29 is 14.3 Å². The van der Waals surface area contributed by atoms with Gasteiger partial charge in [-0.1, -0.05) is 11.8 Å². The van der Waals surface area contributed by atoms with E-state index in [2.05, 4.69) is 15.0 Å². The van der Waals surface area contributed by atoms with Crippen LogP contribution in [0.5, 0.6) is 5.75 Å². The average molecular weight is 430 g/mol. The molecule has 2 aromatic heterocycles. The predicted molar refractivity (Wildman–Crippen MR) is 116 cm³/mol. The molecule has 0 saturated carbocycles. The second-order valence-electron chi connectivity index (χ2n) is 6.39. The fourth-order valence-electron chi connectivity index (χ4n) is 2.85. The van der Waals surface area contributed by atoms with Gasteiger partial charge in [-0.05, 0) is 56.4 Å². The van der Waals surface area contributed by atoms with Crippen molar-refractivity contribution in [3.05, 3.63) is 52.3 Å². The van der Waals surface area contributed by atoms with Gasteiger partial charge in [-0.2, -0.15) is 0 Å². The van der Waals surface area contributed by atoms with E-state index in [1.165, 1.54) is 23.1 Å². The average Bonchev–Trinajstić information content (AvgIpc) is 3.20. The molecule has 0 saturated heterocycles.